The molecule has 204 valence electrons. The lowest BCUT2D eigenvalue weighted by atomic mass is 10.0. The van der Waals surface area contributed by atoms with Gasteiger partial charge in [-0.1, -0.05) is 12.1 Å². The summed E-state index contributed by atoms with van der Waals surface area (Å²) in [7, 11) is 1.46. The molecule has 3 N–H and O–H groups in total. The van der Waals surface area contributed by atoms with Gasteiger partial charge in [0.2, 0.25) is 11.8 Å². The van der Waals surface area contributed by atoms with Gasteiger partial charge in [-0.15, -0.1) is 5.10 Å². The number of amides is 1. The third-order valence-corrected chi connectivity index (χ3v) is 6.71. The number of nitrogens with one attached hydrogen (secondary N) is 1. The van der Waals surface area contributed by atoms with Crippen molar-refractivity contribution in [3.05, 3.63) is 65.2 Å². The van der Waals surface area contributed by atoms with Crippen molar-refractivity contribution in [2.75, 3.05) is 12.8 Å². The number of anilines is 1. The highest BCUT2D eigenvalue weighted by Crippen LogP contribution is 2.31. The molecule has 1 amide bonds. The Hall–Kier alpha value is -4.25. The Morgan fingerprint density at radius 1 is 1.21 bits per heavy atom. The molecule has 1 saturated heterocycles. The fourth-order valence-corrected chi connectivity index (χ4v) is 4.96. The SMILES string of the molecule is COc1nc(C)c(-c2ccn3nc(N)nc3c2)cc1C(=O)NCc1cccc(F)c1OC1C[C@@H](C)O[C@@H](C)C1. The summed E-state index contributed by atoms with van der Waals surface area (Å²) in [6.45, 7) is 5.84. The van der Waals surface area contributed by atoms with E-state index in [1.165, 1.54) is 13.2 Å². The summed E-state index contributed by atoms with van der Waals surface area (Å²) in [6.07, 6.45) is 2.92. The molecule has 39 heavy (non-hydrogen) atoms. The highest BCUT2D eigenvalue weighted by molar-refractivity contribution is 5.97. The topological polar surface area (TPSA) is 126 Å². The van der Waals surface area contributed by atoms with Crippen LogP contribution >= 0.6 is 0 Å². The molecule has 1 aliphatic rings. The quantitative estimate of drug-likeness (QED) is 0.363. The summed E-state index contributed by atoms with van der Waals surface area (Å²) >= 11 is 0. The highest BCUT2D eigenvalue weighted by Gasteiger charge is 2.27. The van der Waals surface area contributed by atoms with Gasteiger partial charge in [0.1, 0.15) is 11.7 Å². The molecule has 0 spiro atoms. The van der Waals surface area contributed by atoms with Crippen LogP contribution in [0.3, 0.4) is 0 Å². The number of hydrogen-bond donors (Lipinski definition) is 2. The average Bonchev–Trinajstić information content (AvgIpc) is 3.27. The molecule has 3 atom stereocenters. The molecule has 1 fully saturated rings. The molecule has 0 bridgehead atoms. The van der Waals surface area contributed by atoms with Crippen LogP contribution < -0.4 is 20.5 Å². The second-order valence-corrected chi connectivity index (χ2v) is 9.75. The maximum absolute atomic E-state index is 14.8. The van der Waals surface area contributed by atoms with Gasteiger partial charge in [0.05, 0.1) is 19.3 Å². The van der Waals surface area contributed by atoms with Crippen LogP contribution in [-0.2, 0) is 11.3 Å². The first-order chi connectivity index (χ1) is 18.7. The van der Waals surface area contributed by atoms with E-state index in [9.17, 15) is 9.18 Å². The molecule has 5 rings (SSSR count). The van der Waals surface area contributed by atoms with Gasteiger partial charge in [0.25, 0.3) is 5.91 Å². The number of ether oxygens (including phenoxy) is 3. The maximum atomic E-state index is 14.8. The predicted octanol–water partition coefficient (Wildman–Crippen LogP) is 4.09. The number of halogens is 1. The molecular weight excluding hydrogens is 503 g/mol. The van der Waals surface area contributed by atoms with Crippen LogP contribution in [0, 0.1) is 12.7 Å². The first kappa shape index (κ1) is 26.4. The van der Waals surface area contributed by atoms with Gasteiger partial charge in [-0.25, -0.2) is 13.9 Å². The maximum Gasteiger partial charge on any atom is 0.257 e. The number of nitrogen functional groups attached to an aromatic ring is 1. The third kappa shape index (κ3) is 5.63. The Kier molecular flexibility index (Phi) is 7.34. The number of aryl methyl sites for hydroxylation is 1. The highest BCUT2D eigenvalue weighted by atomic mass is 19.1. The van der Waals surface area contributed by atoms with Gasteiger partial charge in [0, 0.05) is 42.4 Å². The molecule has 11 heteroatoms. The third-order valence-electron chi connectivity index (χ3n) is 6.71. The smallest absolute Gasteiger partial charge is 0.257 e. The van der Waals surface area contributed by atoms with Crippen LogP contribution in [-0.4, -0.2) is 50.9 Å². The fourth-order valence-electron chi connectivity index (χ4n) is 4.96. The van der Waals surface area contributed by atoms with E-state index in [1.807, 2.05) is 32.9 Å². The van der Waals surface area contributed by atoms with Crippen molar-refractivity contribution < 1.29 is 23.4 Å². The number of nitrogens with two attached hydrogens (primary N) is 1. The number of nitrogens with zero attached hydrogens (tertiary/aromatic N) is 4. The van der Waals surface area contributed by atoms with Gasteiger partial charge in [-0.3, -0.25) is 4.79 Å². The number of pyridine rings is 2. The Morgan fingerprint density at radius 2 is 1.97 bits per heavy atom. The van der Waals surface area contributed by atoms with E-state index in [2.05, 4.69) is 20.4 Å². The van der Waals surface area contributed by atoms with Crippen molar-refractivity contribution in [3.63, 3.8) is 0 Å². The number of carbonyl (C=O) groups excluding carboxylic acids is 1. The van der Waals surface area contributed by atoms with E-state index in [4.69, 9.17) is 19.9 Å². The van der Waals surface area contributed by atoms with Crippen molar-refractivity contribution in [3.8, 4) is 22.8 Å². The zero-order valence-electron chi connectivity index (χ0n) is 22.3. The minimum absolute atomic E-state index is 0.0206. The summed E-state index contributed by atoms with van der Waals surface area (Å²) in [6, 6.07) is 10.1. The minimum atomic E-state index is -0.477. The summed E-state index contributed by atoms with van der Waals surface area (Å²) in [5.74, 6) is -0.410. The number of methoxy groups -OCH3 is 1. The Balaban J connectivity index is 1.39. The van der Waals surface area contributed by atoms with Crippen LogP contribution in [0.1, 0.15) is 48.3 Å². The van der Waals surface area contributed by atoms with Gasteiger partial charge >= 0.3 is 0 Å². The number of rotatable bonds is 7. The fraction of sp³-hybridized carbons (Fsp3) is 0.357. The number of para-hydroxylation sites is 1. The van der Waals surface area contributed by atoms with Crippen molar-refractivity contribution in [1.29, 1.82) is 0 Å². The minimum Gasteiger partial charge on any atom is -0.487 e. The number of benzene rings is 1. The molecular formula is C28H31FN6O4. The number of hydrogen-bond acceptors (Lipinski definition) is 8. The molecule has 0 saturated carbocycles. The van der Waals surface area contributed by atoms with E-state index < -0.39 is 11.7 Å². The average molecular weight is 535 g/mol. The molecule has 4 aromatic rings. The molecule has 4 heterocycles. The second-order valence-electron chi connectivity index (χ2n) is 9.75. The first-order valence-corrected chi connectivity index (χ1v) is 12.8. The predicted molar refractivity (Wildman–Crippen MR) is 143 cm³/mol. The van der Waals surface area contributed by atoms with Crippen molar-refractivity contribution >= 4 is 17.5 Å². The molecule has 1 unspecified atom stereocenters. The lowest BCUT2D eigenvalue weighted by molar-refractivity contribution is -0.0729. The van der Waals surface area contributed by atoms with Crippen molar-refractivity contribution in [2.45, 2.75) is 58.5 Å². The van der Waals surface area contributed by atoms with Gasteiger partial charge in [0.15, 0.2) is 17.2 Å². The van der Waals surface area contributed by atoms with E-state index in [-0.39, 0.29) is 48.0 Å². The summed E-state index contributed by atoms with van der Waals surface area (Å²) in [4.78, 5) is 22.1. The van der Waals surface area contributed by atoms with E-state index in [0.29, 0.717) is 29.7 Å². The van der Waals surface area contributed by atoms with E-state index >= 15 is 0 Å². The summed E-state index contributed by atoms with van der Waals surface area (Å²) in [5.41, 5.74) is 9.24. The van der Waals surface area contributed by atoms with Gasteiger partial charge < -0.3 is 25.3 Å². The van der Waals surface area contributed by atoms with Crippen LogP contribution in [0.15, 0.2) is 42.6 Å². The molecule has 1 aliphatic heterocycles. The molecule has 10 nitrogen and oxygen atoms in total. The molecule has 0 radical (unpaired) electrons. The van der Waals surface area contributed by atoms with Crippen LogP contribution in [0.5, 0.6) is 11.6 Å². The van der Waals surface area contributed by atoms with Gasteiger partial charge in [-0.2, -0.15) is 4.98 Å². The summed E-state index contributed by atoms with van der Waals surface area (Å²) in [5, 5.41) is 6.96. The Bertz CT molecular complexity index is 1510. The van der Waals surface area contributed by atoms with E-state index in [0.717, 1.165) is 11.1 Å². The lowest BCUT2D eigenvalue weighted by Gasteiger charge is -2.32. The van der Waals surface area contributed by atoms with Crippen molar-refractivity contribution in [2.24, 2.45) is 0 Å². The van der Waals surface area contributed by atoms with Crippen molar-refractivity contribution in [1.82, 2.24) is 24.9 Å². The largest absolute Gasteiger partial charge is 0.487 e. The second kappa shape index (κ2) is 10.9. The van der Waals surface area contributed by atoms with Crippen LogP contribution in [0.4, 0.5) is 10.3 Å². The zero-order chi connectivity index (χ0) is 27.7. The van der Waals surface area contributed by atoms with Crippen LogP contribution in [0.25, 0.3) is 16.8 Å². The monoisotopic (exact) mass is 534 g/mol. The Labute approximate surface area is 225 Å². The number of aromatic nitrogens is 4. The molecule has 3 aromatic heterocycles. The Morgan fingerprint density at radius 3 is 2.72 bits per heavy atom. The zero-order valence-corrected chi connectivity index (χ0v) is 22.3. The first-order valence-electron chi connectivity index (χ1n) is 12.8. The number of carbonyl (C=O) groups is 1. The van der Waals surface area contributed by atoms with E-state index in [1.54, 1.807) is 28.9 Å². The number of fused-ring (bicyclic) bond motifs is 1. The van der Waals surface area contributed by atoms with Crippen LogP contribution in [0.2, 0.25) is 0 Å². The molecule has 1 aromatic carbocycles. The normalized spacial score (nSPS) is 19.2. The molecule has 0 aliphatic carbocycles. The lowest BCUT2D eigenvalue weighted by Crippen LogP contribution is -2.36. The summed E-state index contributed by atoms with van der Waals surface area (Å²) < 4.78 is 33.7. The van der Waals surface area contributed by atoms with Gasteiger partial charge in [-0.05, 0) is 50.6 Å². The standard InChI is InChI=1S/C28H31FN6O4/c1-15-10-20(11-16(2)38-15)39-25-19(6-5-7-23(25)29)14-31-26(36)22-13-21(17(3)32-27(22)37-4)18-8-9-35-24(12-18)33-28(30)34-35/h5-9,12-13,15-16,20H,10-11,14H2,1-4H3,(H2,30,34)(H,31,36)/t15-,16+,20?.